The van der Waals surface area contributed by atoms with E-state index in [1.165, 1.54) is 22.1 Å². The minimum Gasteiger partial charge on any atom is -0.361 e. The number of nitrogens with one attached hydrogen (secondary N) is 1. The molecule has 0 fully saturated rings. The molecule has 3 heteroatoms. The van der Waals surface area contributed by atoms with E-state index in [0.717, 1.165) is 24.9 Å². The number of carbonyl (C=O) groups excluding carboxylic acids is 1. The van der Waals surface area contributed by atoms with Crippen molar-refractivity contribution in [1.29, 1.82) is 0 Å². The summed E-state index contributed by atoms with van der Waals surface area (Å²) < 4.78 is 0. The lowest BCUT2D eigenvalue weighted by Gasteiger charge is -2.23. The lowest BCUT2D eigenvalue weighted by atomic mass is 10.1. The van der Waals surface area contributed by atoms with E-state index < -0.39 is 0 Å². The summed E-state index contributed by atoms with van der Waals surface area (Å²) in [5.74, 6) is 0.234. The average Bonchev–Trinajstić information content (AvgIpc) is 3.09. The fourth-order valence-corrected chi connectivity index (χ4v) is 3.44. The smallest absolute Gasteiger partial charge is 0.222 e. The van der Waals surface area contributed by atoms with Gasteiger partial charge in [0.15, 0.2) is 0 Å². The minimum atomic E-state index is 0.234. The summed E-state index contributed by atoms with van der Waals surface area (Å²) in [6.07, 6.45) is 6.58. The summed E-state index contributed by atoms with van der Waals surface area (Å²) in [6.45, 7) is 5.57. The Morgan fingerprint density at radius 2 is 1.81 bits per heavy atom. The molecule has 27 heavy (non-hydrogen) atoms. The third-order valence-electron chi connectivity index (χ3n) is 4.80. The van der Waals surface area contributed by atoms with Gasteiger partial charge in [-0.25, -0.2) is 0 Å². The maximum atomic E-state index is 12.6. The minimum absolute atomic E-state index is 0.234. The Labute approximate surface area is 161 Å². The number of rotatable bonds is 8. The van der Waals surface area contributed by atoms with Gasteiger partial charge in [0.2, 0.25) is 5.91 Å². The van der Waals surface area contributed by atoms with Crippen LogP contribution in [-0.4, -0.2) is 28.9 Å². The van der Waals surface area contributed by atoms with E-state index >= 15 is 0 Å². The fraction of sp³-hybridized carbons (Fsp3) is 0.292. The molecule has 3 rings (SSSR count). The zero-order valence-corrected chi connectivity index (χ0v) is 16.2. The second kappa shape index (κ2) is 9.22. The van der Waals surface area contributed by atoms with Crippen LogP contribution in [0.15, 0.2) is 66.4 Å². The molecule has 0 aliphatic heterocycles. The van der Waals surface area contributed by atoms with Crippen molar-refractivity contribution < 1.29 is 4.79 Å². The number of hydrogen-bond acceptors (Lipinski definition) is 1. The lowest BCUT2D eigenvalue weighted by molar-refractivity contribution is -0.130. The van der Waals surface area contributed by atoms with E-state index in [2.05, 4.69) is 61.4 Å². The quantitative estimate of drug-likeness (QED) is 0.570. The molecule has 3 aromatic rings. The predicted octanol–water partition coefficient (Wildman–Crippen LogP) is 5.44. The molecule has 0 radical (unpaired) electrons. The summed E-state index contributed by atoms with van der Waals surface area (Å²) in [7, 11) is 0. The van der Waals surface area contributed by atoms with E-state index in [4.69, 9.17) is 0 Å². The summed E-state index contributed by atoms with van der Waals surface area (Å²) in [5, 5.41) is 1.25. The molecule has 0 aliphatic carbocycles. The van der Waals surface area contributed by atoms with Crippen LogP contribution in [0, 0.1) is 0 Å². The molecule has 1 heterocycles. The van der Waals surface area contributed by atoms with Crippen molar-refractivity contribution in [3.63, 3.8) is 0 Å². The van der Waals surface area contributed by atoms with Crippen molar-refractivity contribution in [1.82, 2.24) is 9.88 Å². The third kappa shape index (κ3) is 5.10. The molecule has 0 aliphatic rings. The number of fused-ring (bicyclic) bond motifs is 1. The van der Waals surface area contributed by atoms with Gasteiger partial charge >= 0.3 is 0 Å². The van der Waals surface area contributed by atoms with Gasteiger partial charge in [-0.05, 0) is 37.0 Å². The lowest BCUT2D eigenvalue weighted by Crippen LogP contribution is -2.34. The van der Waals surface area contributed by atoms with Crippen molar-refractivity contribution >= 4 is 22.9 Å². The highest BCUT2D eigenvalue weighted by atomic mass is 16.2. The van der Waals surface area contributed by atoms with Gasteiger partial charge in [0, 0.05) is 36.6 Å². The number of para-hydroxylation sites is 1. The normalized spacial score (nSPS) is 11.7. The van der Waals surface area contributed by atoms with Crippen LogP contribution in [0.4, 0.5) is 0 Å². The van der Waals surface area contributed by atoms with Crippen LogP contribution in [0.2, 0.25) is 0 Å². The Kier molecular flexibility index (Phi) is 6.48. The standard InChI is InChI=1S/C24H28N2O/c1-3-9-24(27)26(18-19(2)16-20-10-5-4-6-11-20)15-14-21-17-25-23-13-8-7-12-22(21)23/h4-8,10-13,16-17,25H,3,9,14-15,18H2,1-2H3/b19-16+. The molecule has 0 spiro atoms. The van der Waals surface area contributed by atoms with Crippen molar-refractivity contribution in [3.8, 4) is 0 Å². The third-order valence-corrected chi connectivity index (χ3v) is 4.80. The molecule has 3 nitrogen and oxygen atoms in total. The van der Waals surface area contributed by atoms with Crippen LogP contribution < -0.4 is 0 Å². The van der Waals surface area contributed by atoms with Gasteiger partial charge in [-0.15, -0.1) is 0 Å². The average molecular weight is 361 g/mol. The van der Waals surface area contributed by atoms with E-state index in [-0.39, 0.29) is 5.91 Å². The maximum absolute atomic E-state index is 12.6. The van der Waals surface area contributed by atoms with Gasteiger partial charge in [-0.2, -0.15) is 0 Å². The zero-order chi connectivity index (χ0) is 19.1. The maximum Gasteiger partial charge on any atom is 0.222 e. The molecular formula is C24H28N2O. The number of H-pyrrole nitrogens is 1. The van der Waals surface area contributed by atoms with Crippen LogP contribution in [0.25, 0.3) is 17.0 Å². The Bertz CT molecular complexity index is 908. The van der Waals surface area contributed by atoms with Crippen LogP contribution in [0.3, 0.4) is 0 Å². The number of aromatic amines is 1. The van der Waals surface area contributed by atoms with Crippen molar-refractivity contribution in [2.24, 2.45) is 0 Å². The van der Waals surface area contributed by atoms with Gasteiger partial charge in [0.25, 0.3) is 0 Å². The SMILES string of the molecule is CCCC(=O)N(CCc1c[nH]c2ccccc12)C/C(C)=C/c1ccccc1. The van der Waals surface area contributed by atoms with E-state index in [0.29, 0.717) is 13.0 Å². The van der Waals surface area contributed by atoms with Crippen molar-refractivity contribution in [2.75, 3.05) is 13.1 Å². The molecule has 0 unspecified atom stereocenters. The Morgan fingerprint density at radius 1 is 1.07 bits per heavy atom. The van der Waals surface area contributed by atoms with Gasteiger partial charge in [0.05, 0.1) is 0 Å². The predicted molar refractivity (Wildman–Crippen MR) is 114 cm³/mol. The van der Waals surface area contributed by atoms with Crippen LogP contribution in [0.5, 0.6) is 0 Å². The largest absolute Gasteiger partial charge is 0.361 e. The Balaban J connectivity index is 1.71. The second-order valence-electron chi connectivity index (χ2n) is 7.08. The molecule has 140 valence electrons. The first-order valence-corrected chi connectivity index (χ1v) is 9.72. The highest BCUT2D eigenvalue weighted by Crippen LogP contribution is 2.19. The van der Waals surface area contributed by atoms with Gasteiger partial charge in [-0.1, -0.05) is 67.1 Å². The first kappa shape index (κ1) is 19.0. The van der Waals surface area contributed by atoms with E-state index in [1.54, 1.807) is 0 Å². The first-order chi connectivity index (χ1) is 13.2. The summed E-state index contributed by atoms with van der Waals surface area (Å²) in [5.41, 5.74) is 4.79. The summed E-state index contributed by atoms with van der Waals surface area (Å²) in [4.78, 5) is 18.0. The molecule has 1 N–H and O–H groups in total. The van der Waals surface area contributed by atoms with Crippen LogP contribution in [-0.2, 0) is 11.2 Å². The number of benzene rings is 2. The molecule has 0 atom stereocenters. The molecule has 0 bridgehead atoms. The number of nitrogens with zero attached hydrogens (tertiary/aromatic N) is 1. The number of hydrogen-bond donors (Lipinski definition) is 1. The zero-order valence-electron chi connectivity index (χ0n) is 16.2. The summed E-state index contributed by atoms with van der Waals surface area (Å²) >= 11 is 0. The molecular weight excluding hydrogens is 332 g/mol. The monoisotopic (exact) mass is 360 g/mol. The van der Waals surface area contributed by atoms with Crippen molar-refractivity contribution in [3.05, 3.63) is 77.5 Å². The molecule has 1 amide bonds. The number of aromatic nitrogens is 1. The summed E-state index contributed by atoms with van der Waals surface area (Å²) in [6, 6.07) is 18.6. The second-order valence-corrected chi connectivity index (χ2v) is 7.08. The molecule has 1 aromatic heterocycles. The Hall–Kier alpha value is -2.81. The Morgan fingerprint density at radius 3 is 2.59 bits per heavy atom. The van der Waals surface area contributed by atoms with Gasteiger partial charge in [0.1, 0.15) is 0 Å². The molecule has 0 saturated carbocycles. The van der Waals surface area contributed by atoms with Gasteiger partial charge in [-0.3, -0.25) is 4.79 Å². The highest BCUT2D eigenvalue weighted by Gasteiger charge is 2.14. The molecule has 0 saturated heterocycles. The fourth-order valence-electron chi connectivity index (χ4n) is 3.44. The van der Waals surface area contributed by atoms with E-state index in [1.807, 2.05) is 29.2 Å². The van der Waals surface area contributed by atoms with E-state index in [9.17, 15) is 4.79 Å². The van der Waals surface area contributed by atoms with Crippen molar-refractivity contribution in [2.45, 2.75) is 33.1 Å². The first-order valence-electron chi connectivity index (χ1n) is 9.72. The number of carbonyl (C=O) groups is 1. The number of amides is 1. The topological polar surface area (TPSA) is 36.1 Å². The van der Waals surface area contributed by atoms with Crippen LogP contribution >= 0.6 is 0 Å². The highest BCUT2D eigenvalue weighted by molar-refractivity contribution is 5.83. The molecule has 2 aromatic carbocycles. The van der Waals surface area contributed by atoms with Crippen LogP contribution in [0.1, 0.15) is 37.8 Å². The van der Waals surface area contributed by atoms with Gasteiger partial charge < -0.3 is 9.88 Å².